The number of unbranched alkanes of at least 4 members (excludes halogenated alkanes) is 3. The molecule has 0 radical (unpaired) electrons. The van der Waals surface area contributed by atoms with Gasteiger partial charge < -0.3 is 0 Å². The second-order valence-electron chi connectivity index (χ2n) is 9.87. The zero-order valence-electron chi connectivity index (χ0n) is 24.3. The summed E-state index contributed by atoms with van der Waals surface area (Å²) in [4.78, 5) is 39.2. The van der Waals surface area contributed by atoms with E-state index in [2.05, 4.69) is 0 Å². The van der Waals surface area contributed by atoms with Gasteiger partial charge in [0.2, 0.25) is 0 Å². The van der Waals surface area contributed by atoms with Gasteiger partial charge in [0.25, 0.3) is 0 Å². The van der Waals surface area contributed by atoms with Crippen molar-refractivity contribution in [3.8, 4) is 17.2 Å². The Morgan fingerprint density at radius 2 is 0.825 bits per heavy atom. The second-order valence-corrected chi connectivity index (χ2v) is 13.5. The molecule has 0 saturated heterocycles. The molecule has 0 aliphatic carbocycles. The normalized spacial score (nSPS) is 10.9. The monoisotopic (exact) mass is 658 g/mol. The summed E-state index contributed by atoms with van der Waals surface area (Å²) in [7, 11) is 0. The van der Waals surface area contributed by atoms with Crippen molar-refractivity contribution in [2.75, 3.05) is 0 Å². The number of hydrogen-bond acceptors (Lipinski definition) is 9. The van der Waals surface area contributed by atoms with Crippen LogP contribution < -0.4 is 24.8 Å². The summed E-state index contributed by atoms with van der Waals surface area (Å²) in [5, 5.41) is 0. The fourth-order valence-corrected chi connectivity index (χ4v) is 8.39. The molecule has 0 aromatic carbocycles. The first-order valence-corrected chi connectivity index (χ1v) is 18.1. The Labute approximate surface area is 243 Å². The summed E-state index contributed by atoms with van der Waals surface area (Å²) in [5.41, 5.74) is -1.14. The summed E-state index contributed by atoms with van der Waals surface area (Å²) >= 11 is -4.44. The zero-order chi connectivity index (χ0) is 29.2. The van der Waals surface area contributed by atoms with Crippen LogP contribution >= 0.6 is 0 Å². The Kier molecular flexibility index (Phi) is 12.0. The Bertz CT molecular complexity index is 1280. The van der Waals surface area contributed by atoms with E-state index in [-0.39, 0.29) is 33.5 Å². The third kappa shape index (κ3) is 8.56. The van der Waals surface area contributed by atoms with Gasteiger partial charge in [-0.25, -0.2) is 0 Å². The molecule has 40 heavy (non-hydrogen) atoms. The van der Waals surface area contributed by atoms with Crippen LogP contribution in [0.2, 0.25) is 0 Å². The van der Waals surface area contributed by atoms with E-state index in [1.165, 1.54) is 18.2 Å². The van der Waals surface area contributed by atoms with Crippen molar-refractivity contribution in [3.05, 3.63) is 83.4 Å². The van der Waals surface area contributed by atoms with Crippen LogP contribution in [0.1, 0.15) is 93.9 Å². The Morgan fingerprint density at radius 3 is 1.07 bits per heavy atom. The van der Waals surface area contributed by atoms with Crippen LogP contribution in [-0.2, 0) is 19.3 Å². The Morgan fingerprint density at radius 1 is 0.550 bits per heavy atom. The summed E-state index contributed by atoms with van der Waals surface area (Å²) in [6, 6.07) is 4.02. The molecule has 0 fully saturated rings. The molecule has 9 nitrogen and oxygen atoms in total. The van der Waals surface area contributed by atoms with E-state index < -0.39 is 22.7 Å². The van der Waals surface area contributed by atoms with Crippen molar-refractivity contribution in [1.29, 1.82) is 0 Å². The van der Waals surface area contributed by atoms with Crippen LogP contribution in [0.25, 0.3) is 0 Å². The van der Waals surface area contributed by atoms with Gasteiger partial charge in [-0.15, -0.1) is 0 Å². The third-order valence-electron chi connectivity index (χ3n) is 6.20. The van der Waals surface area contributed by atoms with Crippen molar-refractivity contribution in [2.24, 2.45) is 0 Å². The van der Waals surface area contributed by atoms with Crippen LogP contribution in [0.3, 0.4) is 0 Å². The van der Waals surface area contributed by atoms with Crippen molar-refractivity contribution in [3.63, 3.8) is 0 Å². The third-order valence-corrected chi connectivity index (χ3v) is 9.87. The molecule has 0 spiro atoms. The molecule has 0 bridgehead atoms. The van der Waals surface area contributed by atoms with E-state index in [1.807, 2.05) is 20.8 Å². The molecule has 0 N–H and O–H groups in total. The van der Waals surface area contributed by atoms with Gasteiger partial charge in [0.1, 0.15) is 0 Å². The van der Waals surface area contributed by atoms with Gasteiger partial charge in [0, 0.05) is 0 Å². The summed E-state index contributed by atoms with van der Waals surface area (Å²) in [5.74, 6) is 2.46. The molecule has 3 heterocycles. The molecule has 3 rings (SSSR count). The first-order chi connectivity index (χ1) is 19.2. The maximum atomic E-state index is 13.1. The van der Waals surface area contributed by atoms with Crippen molar-refractivity contribution < 1.29 is 21.8 Å². The quantitative estimate of drug-likeness (QED) is 0.193. The van der Waals surface area contributed by atoms with E-state index in [4.69, 9.17) is 21.8 Å². The number of rotatable bonds is 15. The van der Waals surface area contributed by atoms with Crippen LogP contribution in [0.5, 0.6) is 17.2 Å². The molecule has 10 heteroatoms. The molecule has 0 unspecified atom stereocenters. The van der Waals surface area contributed by atoms with Crippen molar-refractivity contribution >= 4 is 22.7 Å². The first kappa shape index (κ1) is 31.6. The predicted molar refractivity (Wildman–Crippen MR) is 153 cm³/mol. The van der Waals surface area contributed by atoms with E-state index in [0.717, 1.165) is 38.5 Å². The van der Waals surface area contributed by atoms with Crippen LogP contribution in [0.4, 0.5) is 0 Å². The molecule has 0 saturated carbocycles. The fraction of sp³-hybridized carbons (Fsp3) is 0.500. The minimum atomic E-state index is -4.44. The molecule has 0 aliphatic rings. The van der Waals surface area contributed by atoms with Gasteiger partial charge in [-0.05, 0) is 0 Å². The van der Waals surface area contributed by atoms with Gasteiger partial charge in [-0.1, -0.05) is 0 Å². The molecular weight excluding hydrogens is 619 g/mol. The zero-order valence-corrected chi connectivity index (χ0v) is 27.6. The average Bonchev–Trinajstić information content (AvgIpc) is 2.89. The van der Waals surface area contributed by atoms with Gasteiger partial charge in [-0.3, -0.25) is 0 Å². The molecular formula is C30H39InO9. The van der Waals surface area contributed by atoms with Gasteiger partial charge in [0.05, 0.1) is 0 Å². The SMILES string of the molecule is CCCCc1oc(C)cc(=O)c1[O][In]([O]c1c(CCCC)oc(C)cc1=O)[O]c1c(CCCC)oc(C)cc1=O. The molecule has 216 valence electrons. The summed E-state index contributed by atoms with van der Waals surface area (Å²) < 4.78 is 36.3. The maximum absolute atomic E-state index is 13.1. The second kappa shape index (κ2) is 15.2. The Balaban J connectivity index is 2.13. The van der Waals surface area contributed by atoms with Crippen LogP contribution in [0, 0.1) is 20.8 Å². The van der Waals surface area contributed by atoms with Crippen LogP contribution in [0.15, 0.2) is 45.8 Å². The van der Waals surface area contributed by atoms with E-state index in [1.54, 1.807) is 20.8 Å². The Hall–Kier alpha value is -2.88. The van der Waals surface area contributed by atoms with Gasteiger partial charge in [0.15, 0.2) is 0 Å². The summed E-state index contributed by atoms with van der Waals surface area (Å²) in [6.45, 7) is 11.2. The van der Waals surface area contributed by atoms with Crippen molar-refractivity contribution in [1.82, 2.24) is 0 Å². The van der Waals surface area contributed by atoms with Gasteiger partial charge >= 0.3 is 245 Å². The average molecular weight is 658 g/mol. The fourth-order valence-electron chi connectivity index (χ4n) is 4.21. The van der Waals surface area contributed by atoms with E-state index in [0.29, 0.717) is 53.8 Å². The molecule has 0 aliphatic heterocycles. The van der Waals surface area contributed by atoms with E-state index in [9.17, 15) is 14.4 Å². The predicted octanol–water partition coefficient (Wildman–Crippen LogP) is 6.02. The first-order valence-electron chi connectivity index (χ1n) is 14.1. The minimum absolute atomic E-state index is 0.0157. The summed E-state index contributed by atoms with van der Waals surface area (Å²) in [6.07, 6.45) is 6.40. The number of hydrogen-bond donors (Lipinski definition) is 0. The number of aryl methyl sites for hydroxylation is 6. The molecule has 3 aromatic heterocycles. The standard InChI is InChI=1S/3C10H14O3.In/c3*1-3-4-5-9-10(12)8(11)6-7(2)13-9;/h3*6,12H,3-5H2,1-2H3;/q;;;+3/p-3. The van der Waals surface area contributed by atoms with Crippen LogP contribution in [-0.4, -0.2) is 22.7 Å². The van der Waals surface area contributed by atoms with E-state index >= 15 is 0 Å². The van der Waals surface area contributed by atoms with Gasteiger partial charge in [-0.2, -0.15) is 0 Å². The molecule has 0 amide bonds. The topological polar surface area (TPSA) is 118 Å². The van der Waals surface area contributed by atoms with Crippen molar-refractivity contribution in [2.45, 2.75) is 99.3 Å². The molecule has 3 aromatic rings. The molecule has 0 atom stereocenters.